The molecule has 6 atom stereocenters. The highest BCUT2D eigenvalue weighted by Gasteiger charge is 2.57. The van der Waals surface area contributed by atoms with E-state index in [9.17, 15) is 9.59 Å². The smallest absolute Gasteiger partial charge is 0.334 e. The van der Waals surface area contributed by atoms with E-state index in [-0.39, 0.29) is 29.8 Å². The molecule has 3 fully saturated rings. The Kier molecular flexibility index (Phi) is 4.95. The second-order valence-electron chi connectivity index (χ2n) is 8.53. The first-order valence-corrected chi connectivity index (χ1v) is 9.46. The molecular formula is C20H30O6. The van der Waals surface area contributed by atoms with E-state index in [1.807, 2.05) is 6.92 Å². The third kappa shape index (κ3) is 3.18. The fourth-order valence-electron chi connectivity index (χ4n) is 4.58. The van der Waals surface area contributed by atoms with Gasteiger partial charge in [0, 0.05) is 31.4 Å². The van der Waals surface area contributed by atoms with Crippen molar-refractivity contribution in [3.63, 3.8) is 0 Å². The van der Waals surface area contributed by atoms with E-state index >= 15 is 0 Å². The molecule has 6 nitrogen and oxygen atoms in total. The number of hydrogen-bond donors (Lipinski definition) is 0. The molecule has 0 saturated carbocycles. The van der Waals surface area contributed by atoms with E-state index in [0.717, 1.165) is 12.8 Å². The van der Waals surface area contributed by atoms with Gasteiger partial charge in [-0.3, -0.25) is 4.79 Å². The van der Waals surface area contributed by atoms with Gasteiger partial charge in [-0.15, -0.1) is 0 Å². The monoisotopic (exact) mass is 366 g/mol. The predicted octanol–water partition coefficient (Wildman–Crippen LogP) is 2.99. The quantitative estimate of drug-likeness (QED) is 0.565. The number of ether oxygens (including phenoxy) is 4. The van der Waals surface area contributed by atoms with Crippen molar-refractivity contribution in [2.45, 2.75) is 77.0 Å². The van der Waals surface area contributed by atoms with Gasteiger partial charge in [-0.05, 0) is 19.8 Å². The molecule has 0 aromatic rings. The van der Waals surface area contributed by atoms with Crippen molar-refractivity contribution in [2.75, 3.05) is 7.11 Å². The van der Waals surface area contributed by atoms with E-state index in [2.05, 4.69) is 13.5 Å². The number of hydrogen-bond acceptors (Lipinski definition) is 6. The highest BCUT2D eigenvalue weighted by Crippen LogP contribution is 2.51. The Labute approximate surface area is 155 Å². The molecule has 3 heterocycles. The van der Waals surface area contributed by atoms with E-state index in [1.165, 1.54) is 0 Å². The predicted molar refractivity (Wildman–Crippen MR) is 94.1 cm³/mol. The Morgan fingerprint density at radius 1 is 1.35 bits per heavy atom. The summed E-state index contributed by atoms with van der Waals surface area (Å²) in [5, 5.41) is 0. The van der Waals surface area contributed by atoms with Gasteiger partial charge in [-0.25, -0.2) is 4.79 Å². The van der Waals surface area contributed by atoms with Crippen LogP contribution in [0.1, 0.15) is 53.4 Å². The molecule has 0 N–H and O–H groups in total. The third-order valence-corrected chi connectivity index (χ3v) is 6.20. The number of carbonyl (C=O) groups is 2. The molecule has 0 aromatic heterocycles. The zero-order valence-electron chi connectivity index (χ0n) is 16.4. The van der Waals surface area contributed by atoms with E-state index in [1.54, 1.807) is 21.0 Å². The first-order valence-electron chi connectivity index (χ1n) is 9.46. The number of rotatable bonds is 3. The first kappa shape index (κ1) is 19.4. The highest BCUT2D eigenvalue weighted by atomic mass is 16.7. The van der Waals surface area contributed by atoms with Crippen molar-refractivity contribution < 1.29 is 28.5 Å². The fourth-order valence-corrected chi connectivity index (χ4v) is 4.58. The van der Waals surface area contributed by atoms with Crippen LogP contribution in [0.5, 0.6) is 0 Å². The minimum atomic E-state index is -0.702. The lowest BCUT2D eigenvalue weighted by atomic mass is 9.78. The first-order chi connectivity index (χ1) is 12.1. The molecule has 2 bridgehead atoms. The van der Waals surface area contributed by atoms with Crippen LogP contribution < -0.4 is 0 Å². The largest absolute Gasteiger partial charge is 0.461 e. The summed E-state index contributed by atoms with van der Waals surface area (Å²) in [6.45, 7) is 11.6. The maximum Gasteiger partial charge on any atom is 0.334 e. The summed E-state index contributed by atoms with van der Waals surface area (Å²) >= 11 is 0. The zero-order valence-corrected chi connectivity index (χ0v) is 16.4. The Bertz CT molecular complexity index is 613. The van der Waals surface area contributed by atoms with Crippen LogP contribution in [0.4, 0.5) is 0 Å². The van der Waals surface area contributed by atoms with E-state index in [0.29, 0.717) is 18.4 Å². The third-order valence-electron chi connectivity index (χ3n) is 6.20. The van der Waals surface area contributed by atoms with Crippen LogP contribution >= 0.6 is 0 Å². The Morgan fingerprint density at radius 3 is 2.65 bits per heavy atom. The van der Waals surface area contributed by atoms with Gasteiger partial charge in [0.25, 0.3) is 0 Å². The second-order valence-corrected chi connectivity index (χ2v) is 8.53. The molecule has 3 rings (SSSR count). The van der Waals surface area contributed by atoms with Crippen LogP contribution in [-0.2, 0) is 28.5 Å². The fraction of sp³-hybridized carbons (Fsp3) is 0.800. The van der Waals surface area contributed by atoms with Crippen LogP contribution in [0.2, 0.25) is 0 Å². The molecule has 0 amide bonds. The highest BCUT2D eigenvalue weighted by molar-refractivity contribution is 5.91. The molecule has 146 valence electrons. The van der Waals surface area contributed by atoms with Crippen LogP contribution in [0.3, 0.4) is 0 Å². The molecule has 26 heavy (non-hydrogen) atoms. The van der Waals surface area contributed by atoms with Crippen LogP contribution in [-0.4, -0.2) is 42.6 Å². The lowest BCUT2D eigenvalue weighted by Gasteiger charge is -2.36. The minimum absolute atomic E-state index is 0.0278. The Hall–Kier alpha value is -1.40. The van der Waals surface area contributed by atoms with Crippen molar-refractivity contribution in [2.24, 2.45) is 17.8 Å². The van der Waals surface area contributed by atoms with Crippen molar-refractivity contribution in [1.29, 1.82) is 0 Å². The molecule has 0 spiro atoms. The number of methoxy groups -OCH3 is 1. The molecule has 3 saturated heterocycles. The van der Waals surface area contributed by atoms with Gasteiger partial charge in [0.15, 0.2) is 5.79 Å². The average molecular weight is 366 g/mol. The number of esters is 2. The van der Waals surface area contributed by atoms with E-state index in [4.69, 9.17) is 18.9 Å². The van der Waals surface area contributed by atoms with Gasteiger partial charge in [0.1, 0.15) is 12.2 Å². The van der Waals surface area contributed by atoms with Crippen molar-refractivity contribution >= 4 is 11.9 Å². The normalized spacial score (nSPS) is 42.7. The van der Waals surface area contributed by atoms with Gasteiger partial charge in [-0.2, -0.15) is 0 Å². The van der Waals surface area contributed by atoms with Crippen LogP contribution in [0, 0.1) is 17.8 Å². The molecule has 0 aromatic carbocycles. The molecule has 3 aliphatic rings. The molecule has 0 aliphatic carbocycles. The molecular weight excluding hydrogens is 336 g/mol. The van der Waals surface area contributed by atoms with Gasteiger partial charge in [-0.1, -0.05) is 27.4 Å². The summed E-state index contributed by atoms with van der Waals surface area (Å²) < 4.78 is 23.7. The Balaban J connectivity index is 1.99. The minimum Gasteiger partial charge on any atom is -0.461 e. The summed E-state index contributed by atoms with van der Waals surface area (Å²) in [6, 6.07) is 0. The average Bonchev–Trinajstić information content (AvgIpc) is 3.05. The molecule has 6 heteroatoms. The molecule has 0 radical (unpaired) electrons. The van der Waals surface area contributed by atoms with Gasteiger partial charge >= 0.3 is 11.9 Å². The van der Waals surface area contributed by atoms with Gasteiger partial charge < -0.3 is 18.9 Å². The maximum atomic E-state index is 12.3. The van der Waals surface area contributed by atoms with Crippen molar-refractivity contribution in [3.8, 4) is 0 Å². The van der Waals surface area contributed by atoms with Crippen LogP contribution in [0.15, 0.2) is 12.2 Å². The van der Waals surface area contributed by atoms with Gasteiger partial charge in [0.05, 0.1) is 17.4 Å². The van der Waals surface area contributed by atoms with Crippen molar-refractivity contribution in [1.82, 2.24) is 0 Å². The lowest BCUT2D eigenvalue weighted by Crippen LogP contribution is -2.42. The molecule has 6 unspecified atom stereocenters. The van der Waals surface area contributed by atoms with E-state index < -0.39 is 23.5 Å². The maximum absolute atomic E-state index is 12.3. The zero-order chi connectivity index (χ0) is 19.3. The summed E-state index contributed by atoms with van der Waals surface area (Å²) in [6.07, 6.45) is 1.75. The second kappa shape index (κ2) is 6.64. The summed E-state index contributed by atoms with van der Waals surface area (Å²) in [5.74, 6) is -1.95. The van der Waals surface area contributed by atoms with Crippen molar-refractivity contribution in [3.05, 3.63) is 12.2 Å². The summed E-state index contributed by atoms with van der Waals surface area (Å²) in [5.41, 5.74) is -0.107. The topological polar surface area (TPSA) is 71.1 Å². The summed E-state index contributed by atoms with van der Waals surface area (Å²) in [7, 11) is 1.66. The lowest BCUT2D eigenvalue weighted by molar-refractivity contribution is -0.265. The number of fused-ring (bicyclic) bond motifs is 3. The Morgan fingerprint density at radius 2 is 2.04 bits per heavy atom. The standard InChI is InChI=1S/C20H30O6/c1-11(2)17(21)25-15-10-19(5)7-8-20(23-6,26-19)12(3)9-14-16(15)13(4)18(22)24-14/h11-12,14-16H,4,7-10H2,1-3,5-6H3. The number of carbonyl (C=O) groups excluding carboxylic acids is 2. The van der Waals surface area contributed by atoms with Gasteiger partial charge in [0.2, 0.25) is 0 Å². The molecule has 3 aliphatic heterocycles. The summed E-state index contributed by atoms with van der Waals surface area (Å²) in [4.78, 5) is 24.5. The van der Waals surface area contributed by atoms with Crippen LogP contribution in [0.25, 0.3) is 0 Å². The SMILES string of the molecule is C=C1C(=O)OC2CC(C)C3(OC)CCC(C)(CC(OC(=O)C(C)C)C12)O3.